The number of aromatic amines is 1. The molecule has 3 nitrogen and oxygen atoms in total. The summed E-state index contributed by atoms with van der Waals surface area (Å²) in [7, 11) is 0. The number of benzene rings is 2. The quantitative estimate of drug-likeness (QED) is 0.671. The lowest BCUT2D eigenvalue weighted by Crippen LogP contribution is -2.29. The molecule has 140 valence electrons. The zero-order valence-corrected chi connectivity index (χ0v) is 14.6. The van der Waals surface area contributed by atoms with E-state index in [1.54, 1.807) is 6.07 Å². The molecule has 1 saturated heterocycles. The van der Waals surface area contributed by atoms with Gasteiger partial charge in [-0.15, -0.1) is 0 Å². The summed E-state index contributed by atoms with van der Waals surface area (Å²) in [6, 6.07) is 12.5. The third-order valence-corrected chi connectivity index (χ3v) is 5.07. The highest BCUT2D eigenvalue weighted by atomic mass is 19.4. The van der Waals surface area contributed by atoms with Crippen LogP contribution in [0.15, 0.2) is 53.3 Å². The number of hydrogen-bond donors (Lipinski definition) is 1. The van der Waals surface area contributed by atoms with Crippen molar-refractivity contribution in [3.8, 4) is 11.3 Å². The molecule has 0 spiro atoms. The predicted molar refractivity (Wildman–Crippen MR) is 101 cm³/mol. The second-order valence-electron chi connectivity index (χ2n) is 6.87. The monoisotopic (exact) mass is 372 g/mol. The number of piperidine rings is 1. The van der Waals surface area contributed by atoms with Crippen LogP contribution in [0.2, 0.25) is 0 Å². The van der Waals surface area contributed by atoms with Gasteiger partial charge in [0.2, 0.25) is 0 Å². The van der Waals surface area contributed by atoms with Gasteiger partial charge in [-0.3, -0.25) is 4.79 Å². The van der Waals surface area contributed by atoms with E-state index in [0.717, 1.165) is 37.7 Å². The Bertz CT molecular complexity index is 1030. The number of H-pyrrole nitrogens is 1. The van der Waals surface area contributed by atoms with Gasteiger partial charge in [0.25, 0.3) is 5.56 Å². The van der Waals surface area contributed by atoms with E-state index in [9.17, 15) is 18.0 Å². The Morgan fingerprint density at radius 2 is 1.67 bits per heavy atom. The molecule has 0 bridgehead atoms. The van der Waals surface area contributed by atoms with Gasteiger partial charge >= 0.3 is 6.18 Å². The molecule has 2 heterocycles. The summed E-state index contributed by atoms with van der Waals surface area (Å²) in [5.41, 5.74) is -0.00494. The van der Waals surface area contributed by atoms with Crippen molar-refractivity contribution < 1.29 is 13.2 Å². The summed E-state index contributed by atoms with van der Waals surface area (Å²) in [5, 5.41) is 1.12. The fourth-order valence-corrected chi connectivity index (χ4v) is 3.71. The fraction of sp³-hybridized carbons (Fsp3) is 0.286. The fourth-order valence-electron chi connectivity index (χ4n) is 3.71. The summed E-state index contributed by atoms with van der Waals surface area (Å²) in [5.74, 6) is 0. The SMILES string of the molecule is O=c1[nH]c(-c2ccccc2C(F)(F)F)cc2ccc(N3CCCCC3)cc12. The number of alkyl halides is 3. The normalized spacial score (nSPS) is 15.3. The van der Waals surface area contributed by atoms with Gasteiger partial charge in [0.1, 0.15) is 0 Å². The van der Waals surface area contributed by atoms with Crippen molar-refractivity contribution in [3.05, 3.63) is 64.4 Å². The highest BCUT2D eigenvalue weighted by molar-refractivity contribution is 5.88. The topological polar surface area (TPSA) is 36.1 Å². The van der Waals surface area contributed by atoms with Gasteiger partial charge in [0, 0.05) is 35.4 Å². The van der Waals surface area contributed by atoms with Gasteiger partial charge in [-0.25, -0.2) is 0 Å². The molecule has 0 amide bonds. The Morgan fingerprint density at radius 1 is 0.926 bits per heavy atom. The van der Waals surface area contributed by atoms with Crippen molar-refractivity contribution in [1.29, 1.82) is 0 Å². The second kappa shape index (κ2) is 6.76. The van der Waals surface area contributed by atoms with E-state index in [-0.39, 0.29) is 16.8 Å². The summed E-state index contributed by atoms with van der Waals surface area (Å²) >= 11 is 0. The molecule has 3 aromatic rings. The van der Waals surface area contributed by atoms with Crippen molar-refractivity contribution in [3.63, 3.8) is 0 Å². The molecule has 0 atom stereocenters. The molecule has 1 N–H and O–H groups in total. The van der Waals surface area contributed by atoms with Crippen molar-refractivity contribution >= 4 is 16.5 Å². The van der Waals surface area contributed by atoms with Crippen LogP contribution in [-0.4, -0.2) is 18.1 Å². The zero-order chi connectivity index (χ0) is 19.0. The summed E-state index contributed by atoms with van der Waals surface area (Å²) in [6.07, 6.45) is -1.02. The second-order valence-corrected chi connectivity index (χ2v) is 6.87. The maximum absolute atomic E-state index is 13.3. The number of aromatic nitrogens is 1. The molecule has 0 radical (unpaired) electrons. The molecule has 1 aliphatic heterocycles. The minimum Gasteiger partial charge on any atom is -0.372 e. The lowest BCUT2D eigenvalue weighted by atomic mass is 10.0. The van der Waals surface area contributed by atoms with Gasteiger partial charge in [-0.2, -0.15) is 13.2 Å². The van der Waals surface area contributed by atoms with Crippen LogP contribution in [-0.2, 0) is 6.18 Å². The number of pyridine rings is 1. The number of hydrogen-bond acceptors (Lipinski definition) is 2. The van der Waals surface area contributed by atoms with Gasteiger partial charge in [-0.1, -0.05) is 24.3 Å². The van der Waals surface area contributed by atoms with Crippen LogP contribution in [0.4, 0.5) is 18.9 Å². The average molecular weight is 372 g/mol. The van der Waals surface area contributed by atoms with E-state index < -0.39 is 11.7 Å². The first kappa shape index (κ1) is 17.6. The maximum atomic E-state index is 13.3. The van der Waals surface area contributed by atoms with Crippen LogP contribution in [0.3, 0.4) is 0 Å². The molecular weight excluding hydrogens is 353 g/mol. The average Bonchev–Trinajstić information content (AvgIpc) is 2.68. The van der Waals surface area contributed by atoms with Gasteiger partial charge in [0.15, 0.2) is 0 Å². The lowest BCUT2D eigenvalue weighted by molar-refractivity contribution is -0.137. The molecule has 4 rings (SSSR count). The van der Waals surface area contributed by atoms with Crippen molar-refractivity contribution in [1.82, 2.24) is 4.98 Å². The first-order chi connectivity index (χ1) is 12.9. The summed E-state index contributed by atoms with van der Waals surface area (Å²) in [4.78, 5) is 17.5. The molecule has 27 heavy (non-hydrogen) atoms. The Kier molecular flexibility index (Phi) is 4.42. The van der Waals surface area contributed by atoms with Crippen molar-refractivity contribution in [2.45, 2.75) is 25.4 Å². The molecule has 0 unspecified atom stereocenters. The smallest absolute Gasteiger partial charge is 0.372 e. The highest BCUT2D eigenvalue weighted by Gasteiger charge is 2.33. The Labute approximate surface area is 154 Å². The largest absolute Gasteiger partial charge is 0.417 e. The third kappa shape index (κ3) is 3.44. The molecule has 0 aliphatic carbocycles. The van der Waals surface area contributed by atoms with Crippen LogP contribution >= 0.6 is 0 Å². The standard InChI is InChI=1S/C21H19F3N2O/c22-21(23,24)18-7-3-2-6-16(18)19-12-14-8-9-15(13-17(14)20(27)25-19)26-10-4-1-5-11-26/h2-3,6-9,12-13H,1,4-5,10-11H2,(H,25,27). The molecule has 1 aliphatic rings. The Hall–Kier alpha value is -2.76. The first-order valence-corrected chi connectivity index (χ1v) is 9.02. The van der Waals surface area contributed by atoms with Gasteiger partial charge in [0.05, 0.1) is 5.56 Å². The van der Waals surface area contributed by atoms with Crippen LogP contribution in [0.1, 0.15) is 24.8 Å². The van der Waals surface area contributed by atoms with Crippen LogP contribution in [0.5, 0.6) is 0 Å². The molecule has 1 aromatic heterocycles. The number of nitrogens with one attached hydrogen (secondary N) is 1. The summed E-state index contributed by atoms with van der Waals surface area (Å²) in [6.45, 7) is 1.92. The van der Waals surface area contributed by atoms with Gasteiger partial charge in [-0.05, 0) is 48.9 Å². The molecule has 0 saturated carbocycles. The maximum Gasteiger partial charge on any atom is 0.417 e. The lowest BCUT2D eigenvalue weighted by Gasteiger charge is -2.29. The Balaban J connectivity index is 1.81. The number of nitrogens with zero attached hydrogens (tertiary/aromatic N) is 1. The van der Waals surface area contributed by atoms with E-state index in [0.29, 0.717) is 10.8 Å². The molecule has 2 aromatic carbocycles. The molecule has 1 fully saturated rings. The summed E-state index contributed by atoms with van der Waals surface area (Å²) < 4.78 is 39.9. The van der Waals surface area contributed by atoms with E-state index >= 15 is 0 Å². The third-order valence-electron chi connectivity index (χ3n) is 5.07. The zero-order valence-electron chi connectivity index (χ0n) is 14.6. The predicted octanol–water partition coefficient (Wildman–Crippen LogP) is 5.20. The molecular formula is C21H19F3N2O. The molecule has 6 heteroatoms. The number of halogens is 3. The van der Waals surface area contributed by atoms with Crippen LogP contribution in [0.25, 0.3) is 22.0 Å². The Morgan fingerprint density at radius 3 is 2.41 bits per heavy atom. The number of fused-ring (bicyclic) bond motifs is 1. The first-order valence-electron chi connectivity index (χ1n) is 9.02. The van der Waals surface area contributed by atoms with Crippen molar-refractivity contribution in [2.75, 3.05) is 18.0 Å². The van der Waals surface area contributed by atoms with Crippen LogP contribution in [0, 0.1) is 0 Å². The minimum absolute atomic E-state index is 0.0240. The number of anilines is 1. The van der Waals surface area contributed by atoms with Gasteiger partial charge < -0.3 is 9.88 Å². The highest BCUT2D eigenvalue weighted by Crippen LogP contribution is 2.36. The number of rotatable bonds is 2. The van der Waals surface area contributed by atoms with E-state index in [2.05, 4.69) is 9.88 Å². The minimum atomic E-state index is -4.49. The van der Waals surface area contributed by atoms with Crippen LogP contribution < -0.4 is 10.5 Å². The van der Waals surface area contributed by atoms with E-state index in [1.165, 1.54) is 24.6 Å². The van der Waals surface area contributed by atoms with Crippen molar-refractivity contribution in [2.24, 2.45) is 0 Å². The van der Waals surface area contributed by atoms with E-state index in [4.69, 9.17) is 0 Å². The van der Waals surface area contributed by atoms with E-state index in [1.807, 2.05) is 18.2 Å².